The summed E-state index contributed by atoms with van der Waals surface area (Å²) in [5.41, 5.74) is 2.84. The van der Waals surface area contributed by atoms with Gasteiger partial charge in [-0.25, -0.2) is 0 Å². The van der Waals surface area contributed by atoms with Gasteiger partial charge in [-0.1, -0.05) is 5.16 Å². The number of rotatable bonds is 6. The first-order valence-electron chi connectivity index (χ1n) is 10.5. The summed E-state index contributed by atoms with van der Waals surface area (Å²) < 4.78 is 12.7. The normalized spacial score (nSPS) is 15.9. The number of pyridine rings is 1. The monoisotopic (exact) mass is 424 g/mol. The van der Waals surface area contributed by atoms with Crippen LogP contribution in [0.5, 0.6) is 0 Å². The quantitative estimate of drug-likeness (QED) is 0.600. The number of methoxy groups -OCH3 is 1. The second-order valence-electron chi connectivity index (χ2n) is 8.15. The Hall–Kier alpha value is -3.07. The van der Waals surface area contributed by atoms with E-state index in [-0.39, 0.29) is 11.3 Å². The van der Waals surface area contributed by atoms with Crippen molar-refractivity contribution < 1.29 is 14.1 Å². The molecule has 9 heteroatoms. The lowest BCUT2D eigenvalue weighted by molar-refractivity contribution is 0.0614. The molecule has 0 aromatic carbocycles. The second-order valence-corrected chi connectivity index (χ2v) is 8.15. The third-order valence-corrected chi connectivity index (χ3v) is 6.32. The number of piperidine rings is 1. The average Bonchev–Trinajstić information content (AvgIpc) is 3.38. The fourth-order valence-corrected chi connectivity index (χ4v) is 4.31. The highest BCUT2D eigenvalue weighted by atomic mass is 16.5. The molecule has 0 atom stereocenters. The van der Waals surface area contributed by atoms with Gasteiger partial charge < -0.3 is 14.2 Å². The number of likely N-dealkylation sites (tertiary alicyclic amines) is 1. The van der Waals surface area contributed by atoms with Gasteiger partial charge in [-0.15, -0.1) is 0 Å². The van der Waals surface area contributed by atoms with Gasteiger partial charge in [0, 0.05) is 57.4 Å². The van der Waals surface area contributed by atoms with Crippen molar-refractivity contribution >= 4 is 5.91 Å². The van der Waals surface area contributed by atoms with Crippen LogP contribution in [0.25, 0.3) is 11.5 Å². The Kier molecular flexibility index (Phi) is 5.86. The van der Waals surface area contributed by atoms with Crippen molar-refractivity contribution in [2.75, 3.05) is 26.8 Å². The van der Waals surface area contributed by atoms with Crippen molar-refractivity contribution in [3.8, 4) is 11.5 Å². The first-order chi connectivity index (χ1) is 14.9. The fourth-order valence-electron chi connectivity index (χ4n) is 4.31. The fraction of sp³-hybridized carbons (Fsp3) is 0.500. The summed E-state index contributed by atoms with van der Waals surface area (Å²) in [5, 5.41) is 8.70. The van der Waals surface area contributed by atoms with Crippen LogP contribution in [0, 0.1) is 13.8 Å². The molecule has 0 aliphatic carbocycles. The Morgan fingerprint density at radius 2 is 2.06 bits per heavy atom. The highest BCUT2D eigenvalue weighted by Gasteiger charge is 2.41. The Bertz CT molecular complexity index is 1050. The van der Waals surface area contributed by atoms with Crippen LogP contribution < -0.4 is 0 Å². The minimum Gasteiger partial charge on any atom is -0.385 e. The maximum atomic E-state index is 13.2. The molecule has 1 aliphatic heterocycles. The number of nitrogens with zero attached hydrogens (tertiary/aromatic N) is 6. The molecule has 1 fully saturated rings. The summed E-state index contributed by atoms with van der Waals surface area (Å²) in [7, 11) is 3.55. The van der Waals surface area contributed by atoms with E-state index in [2.05, 4.69) is 15.2 Å². The number of aromatic nitrogens is 5. The Morgan fingerprint density at radius 3 is 2.68 bits per heavy atom. The molecule has 1 amide bonds. The van der Waals surface area contributed by atoms with Crippen LogP contribution >= 0.6 is 0 Å². The number of aryl methyl sites for hydroxylation is 2. The predicted octanol–water partition coefficient (Wildman–Crippen LogP) is 2.69. The lowest BCUT2D eigenvalue weighted by Crippen LogP contribution is -2.46. The van der Waals surface area contributed by atoms with E-state index in [1.54, 1.807) is 24.2 Å². The van der Waals surface area contributed by atoms with Crippen molar-refractivity contribution in [3.63, 3.8) is 0 Å². The van der Waals surface area contributed by atoms with Gasteiger partial charge in [-0.2, -0.15) is 10.1 Å². The van der Waals surface area contributed by atoms with Gasteiger partial charge in [0.15, 0.2) is 5.82 Å². The van der Waals surface area contributed by atoms with E-state index in [4.69, 9.17) is 14.2 Å². The van der Waals surface area contributed by atoms with Crippen LogP contribution in [0.15, 0.2) is 29.0 Å². The first-order valence-corrected chi connectivity index (χ1v) is 10.5. The Labute approximate surface area is 181 Å². The average molecular weight is 425 g/mol. The summed E-state index contributed by atoms with van der Waals surface area (Å²) in [6.07, 6.45) is 5.67. The Balaban J connectivity index is 1.55. The lowest BCUT2D eigenvalue weighted by Gasteiger charge is -2.39. The van der Waals surface area contributed by atoms with E-state index in [1.807, 2.05) is 37.9 Å². The summed E-state index contributed by atoms with van der Waals surface area (Å²) in [5.74, 6) is 1.16. The van der Waals surface area contributed by atoms with Crippen molar-refractivity contribution in [2.24, 2.45) is 7.05 Å². The molecule has 0 spiro atoms. The maximum absolute atomic E-state index is 13.2. The molecule has 9 nitrogen and oxygen atoms in total. The minimum atomic E-state index is -0.296. The summed E-state index contributed by atoms with van der Waals surface area (Å²) in [6.45, 7) is 5.64. The highest BCUT2D eigenvalue weighted by molar-refractivity contribution is 5.96. The van der Waals surface area contributed by atoms with Crippen LogP contribution in [0.4, 0.5) is 0 Å². The molecule has 0 radical (unpaired) electrons. The molecular weight excluding hydrogens is 396 g/mol. The number of carbonyl (C=O) groups excluding carboxylic acids is 1. The molecule has 3 aromatic heterocycles. The Morgan fingerprint density at radius 1 is 1.29 bits per heavy atom. The van der Waals surface area contributed by atoms with E-state index >= 15 is 0 Å². The number of hydrogen-bond donors (Lipinski definition) is 0. The number of amides is 1. The molecular formula is C22H28N6O3. The molecule has 0 unspecified atom stereocenters. The summed E-state index contributed by atoms with van der Waals surface area (Å²) in [6, 6.07) is 3.73. The van der Waals surface area contributed by atoms with Gasteiger partial charge in [-0.3, -0.25) is 14.5 Å². The van der Waals surface area contributed by atoms with Gasteiger partial charge in [0.05, 0.1) is 16.8 Å². The molecule has 4 rings (SSSR count). The van der Waals surface area contributed by atoms with Gasteiger partial charge in [0.25, 0.3) is 11.8 Å². The molecule has 4 heterocycles. The van der Waals surface area contributed by atoms with E-state index < -0.39 is 0 Å². The van der Waals surface area contributed by atoms with Gasteiger partial charge in [0.2, 0.25) is 0 Å². The number of hydrogen-bond acceptors (Lipinski definition) is 7. The molecule has 164 valence electrons. The van der Waals surface area contributed by atoms with Crippen LogP contribution in [-0.2, 0) is 17.2 Å². The maximum Gasteiger partial charge on any atom is 0.259 e. The molecule has 0 bridgehead atoms. The molecule has 1 aliphatic rings. The molecule has 0 N–H and O–H groups in total. The van der Waals surface area contributed by atoms with E-state index in [0.717, 1.165) is 36.2 Å². The van der Waals surface area contributed by atoms with Gasteiger partial charge >= 0.3 is 0 Å². The smallest absolute Gasteiger partial charge is 0.259 e. The first kappa shape index (κ1) is 21.2. The zero-order chi connectivity index (χ0) is 22.0. The van der Waals surface area contributed by atoms with Crippen LogP contribution in [0.1, 0.15) is 46.8 Å². The minimum absolute atomic E-state index is 0.0348. The largest absolute Gasteiger partial charge is 0.385 e. The second kappa shape index (κ2) is 8.58. The molecule has 1 saturated heterocycles. The van der Waals surface area contributed by atoms with Crippen LogP contribution in [0.2, 0.25) is 0 Å². The van der Waals surface area contributed by atoms with Crippen LogP contribution in [0.3, 0.4) is 0 Å². The van der Waals surface area contributed by atoms with Crippen molar-refractivity contribution in [1.29, 1.82) is 0 Å². The molecule has 31 heavy (non-hydrogen) atoms. The highest BCUT2D eigenvalue weighted by Crippen LogP contribution is 2.38. The SMILES string of the molecule is COCCC1(c2noc(-c3cccnc3)n2)CCN(C(=O)c2c(C)nn(C)c2C)CC1. The zero-order valence-electron chi connectivity index (χ0n) is 18.5. The third-order valence-electron chi connectivity index (χ3n) is 6.32. The van der Waals surface area contributed by atoms with Gasteiger partial charge in [0.1, 0.15) is 0 Å². The van der Waals surface area contributed by atoms with Gasteiger partial charge in [-0.05, 0) is 45.2 Å². The lowest BCUT2D eigenvalue weighted by atomic mass is 9.75. The number of carbonyl (C=O) groups is 1. The summed E-state index contributed by atoms with van der Waals surface area (Å²) >= 11 is 0. The third kappa shape index (κ3) is 3.97. The van der Waals surface area contributed by atoms with E-state index in [9.17, 15) is 4.79 Å². The predicted molar refractivity (Wildman–Crippen MR) is 114 cm³/mol. The van der Waals surface area contributed by atoms with Crippen LogP contribution in [-0.4, -0.2) is 62.5 Å². The van der Waals surface area contributed by atoms with Crippen molar-refractivity contribution in [2.45, 2.75) is 38.5 Å². The topological polar surface area (TPSA) is 99.2 Å². The zero-order valence-corrected chi connectivity index (χ0v) is 18.5. The molecule has 0 saturated carbocycles. The van der Waals surface area contributed by atoms with E-state index in [0.29, 0.717) is 37.0 Å². The molecule has 3 aromatic rings. The van der Waals surface area contributed by atoms with E-state index in [1.165, 1.54) is 0 Å². The van der Waals surface area contributed by atoms with Crippen molar-refractivity contribution in [3.05, 3.63) is 47.3 Å². The van der Waals surface area contributed by atoms with Crippen molar-refractivity contribution in [1.82, 2.24) is 29.8 Å². The number of ether oxygens (including phenoxy) is 1. The summed E-state index contributed by atoms with van der Waals surface area (Å²) in [4.78, 5) is 23.9. The standard InChI is InChI=1S/C22H28N6O3/c1-15-18(16(2)27(3)25-15)20(29)28-11-7-22(8-12-28,9-13-30-4)21-24-19(31-26-21)17-6-5-10-23-14-17/h5-6,10,14H,7-9,11-13H2,1-4H3.